The molecular weight excluding hydrogens is 448 g/mol. The van der Waals surface area contributed by atoms with Crippen molar-refractivity contribution in [1.29, 1.82) is 0 Å². The van der Waals surface area contributed by atoms with E-state index in [-0.39, 0.29) is 40.2 Å². The van der Waals surface area contributed by atoms with Gasteiger partial charge in [-0.15, -0.1) is 0 Å². The SMILES string of the molecule is CC(=O)O[C@H]1C[C@@H](O)[C@@]2(C)[C@H](CC[C@]3(C)[C@H]2[C@H](O)C=C2[C@@H]4CC(C)(C)CC[C@]4(C)CC[C@]23C)C1(C)C. The van der Waals surface area contributed by atoms with Gasteiger partial charge < -0.3 is 14.9 Å². The van der Waals surface area contributed by atoms with Gasteiger partial charge in [-0.25, -0.2) is 0 Å². The molecule has 0 bridgehead atoms. The van der Waals surface area contributed by atoms with E-state index in [4.69, 9.17) is 4.74 Å². The normalized spacial score (nSPS) is 53.1. The first-order valence-electron chi connectivity index (χ1n) is 14.7. The van der Waals surface area contributed by atoms with Crippen molar-refractivity contribution < 1.29 is 19.7 Å². The van der Waals surface area contributed by atoms with E-state index in [2.05, 4.69) is 61.5 Å². The van der Waals surface area contributed by atoms with Crippen molar-refractivity contribution in [3.05, 3.63) is 11.6 Å². The number of ether oxygens (including phenoxy) is 1. The summed E-state index contributed by atoms with van der Waals surface area (Å²) in [7, 11) is 0. The van der Waals surface area contributed by atoms with Crippen molar-refractivity contribution in [2.45, 2.75) is 132 Å². The summed E-state index contributed by atoms with van der Waals surface area (Å²) in [5.74, 6) is 0.403. The predicted molar refractivity (Wildman–Crippen MR) is 143 cm³/mol. The summed E-state index contributed by atoms with van der Waals surface area (Å²) in [5, 5.41) is 23.9. The van der Waals surface area contributed by atoms with Crippen LogP contribution in [0.25, 0.3) is 0 Å². The lowest BCUT2D eigenvalue weighted by atomic mass is 9.33. The summed E-state index contributed by atoms with van der Waals surface area (Å²) in [5.41, 5.74) is 1.43. The van der Waals surface area contributed by atoms with Crippen LogP contribution in [0.2, 0.25) is 0 Å². The highest BCUT2D eigenvalue weighted by atomic mass is 16.5. The highest BCUT2D eigenvalue weighted by Gasteiger charge is 2.72. The summed E-state index contributed by atoms with van der Waals surface area (Å²) in [6, 6.07) is 0. The molecule has 4 heteroatoms. The van der Waals surface area contributed by atoms with Gasteiger partial charge >= 0.3 is 5.97 Å². The molecule has 5 aliphatic carbocycles. The van der Waals surface area contributed by atoms with Crippen LogP contribution in [0.5, 0.6) is 0 Å². The maximum absolute atomic E-state index is 12.1. The van der Waals surface area contributed by atoms with Gasteiger partial charge in [0.05, 0.1) is 12.2 Å². The van der Waals surface area contributed by atoms with Gasteiger partial charge in [-0.1, -0.05) is 67.0 Å². The van der Waals surface area contributed by atoms with Gasteiger partial charge in [0.1, 0.15) is 6.10 Å². The number of allylic oxidation sites excluding steroid dienone is 1. The van der Waals surface area contributed by atoms with E-state index in [9.17, 15) is 15.0 Å². The number of carbonyl (C=O) groups is 1. The van der Waals surface area contributed by atoms with Gasteiger partial charge in [-0.05, 0) is 78.4 Å². The van der Waals surface area contributed by atoms with Crippen LogP contribution in [0.3, 0.4) is 0 Å². The second-order valence-corrected chi connectivity index (χ2v) is 16.0. The molecule has 4 nitrogen and oxygen atoms in total. The lowest BCUT2D eigenvalue weighted by molar-refractivity contribution is -0.263. The van der Waals surface area contributed by atoms with Crippen molar-refractivity contribution in [2.24, 2.45) is 50.2 Å². The Kier molecular flexibility index (Phi) is 5.82. The monoisotopic (exact) mass is 500 g/mol. The molecule has 0 aromatic heterocycles. The van der Waals surface area contributed by atoms with Crippen LogP contribution in [0, 0.1) is 50.2 Å². The maximum atomic E-state index is 12.1. The standard InChI is InChI=1S/C32H52O4/c1-19(33)36-25-17-24(35)32(9)23(28(25,4)5)10-11-31(8)26(32)22(34)16-20-21-18-27(2,3)12-13-29(21,6)14-15-30(20,31)7/h16,21-26,34-35H,10-15,17-18H2,1-9H3/t21-,22+,23+,24+,25-,26+,29+,30+,31+,32+/m0/s1. The molecule has 0 amide bonds. The van der Waals surface area contributed by atoms with Crippen LogP contribution in [-0.4, -0.2) is 34.5 Å². The fourth-order valence-corrected chi connectivity index (χ4v) is 10.9. The largest absolute Gasteiger partial charge is 0.462 e. The minimum absolute atomic E-state index is 0.0222. The first-order valence-corrected chi connectivity index (χ1v) is 14.7. The minimum Gasteiger partial charge on any atom is -0.462 e. The second kappa shape index (κ2) is 7.84. The van der Waals surface area contributed by atoms with Crippen molar-refractivity contribution >= 4 is 5.97 Å². The molecule has 0 aliphatic heterocycles. The van der Waals surface area contributed by atoms with Crippen LogP contribution in [-0.2, 0) is 9.53 Å². The lowest BCUT2D eigenvalue weighted by Gasteiger charge is -2.72. The Balaban J connectivity index is 1.60. The Morgan fingerprint density at radius 3 is 2.22 bits per heavy atom. The molecule has 4 fully saturated rings. The van der Waals surface area contributed by atoms with Gasteiger partial charge in [-0.3, -0.25) is 4.79 Å². The molecular formula is C32H52O4. The fraction of sp³-hybridized carbons (Fsp3) is 0.906. The number of hydrogen-bond donors (Lipinski definition) is 2. The zero-order valence-corrected chi connectivity index (χ0v) is 24.4. The Hall–Kier alpha value is -0.870. The first kappa shape index (κ1) is 26.7. The van der Waals surface area contributed by atoms with Crippen LogP contribution >= 0.6 is 0 Å². The van der Waals surface area contributed by atoms with E-state index in [0.717, 1.165) is 12.8 Å². The molecule has 0 radical (unpaired) electrons. The minimum atomic E-state index is -0.611. The molecule has 36 heavy (non-hydrogen) atoms. The predicted octanol–water partition coefficient (Wildman–Crippen LogP) is 6.68. The van der Waals surface area contributed by atoms with Crippen molar-refractivity contribution in [1.82, 2.24) is 0 Å². The molecule has 4 saturated carbocycles. The molecule has 0 aromatic carbocycles. The smallest absolute Gasteiger partial charge is 0.302 e. The third kappa shape index (κ3) is 3.34. The number of aliphatic hydroxyl groups is 2. The number of hydrogen-bond acceptors (Lipinski definition) is 4. The van der Waals surface area contributed by atoms with Crippen LogP contribution in [0.4, 0.5) is 0 Å². The quantitative estimate of drug-likeness (QED) is 0.311. The molecule has 0 unspecified atom stereocenters. The molecule has 0 spiro atoms. The van der Waals surface area contributed by atoms with Gasteiger partial charge in [0.2, 0.25) is 0 Å². The average molecular weight is 501 g/mol. The Bertz CT molecular complexity index is 965. The van der Waals surface area contributed by atoms with Gasteiger partial charge in [0.25, 0.3) is 0 Å². The van der Waals surface area contributed by atoms with E-state index in [1.165, 1.54) is 44.6 Å². The van der Waals surface area contributed by atoms with E-state index < -0.39 is 17.6 Å². The molecule has 5 aliphatic rings. The van der Waals surface area contributed by atoms with Gasteiger partial charge in [0, 0.05) is 30.1 Å². The molecule has 10 atom stereocenters. The van der Waals surface area contributed by atoms with E-state index >= 15 is 0 Å². The third-order valence-electron chi connectivity index (χ3n) is 13.4. The lowest BCUT2D eigenvalue weighted by Crippen LogP contribution is -2.70. The number of rotatable bonds is 1. The fourth-order valence-electron chi connectivity index (χ4n) is 10.9. The highest BCUT2D eigenvalue weighted by molar-refractivity contribution is 5.66. The molecule has 5 rings (SSSR count). The van der Waals surface area contributed by atoms with Crippen molar-refractivity contribution in [2.75, 3.05) is 0 Å². The first-order chi connectivity index (χ1) is 16.4. The summed E-state index contributed by atoms with van der Waals surface area (Å²) < 4.78 is 5.78. The number of aliphatic hydroxyl groups excluding tert-OH is 2. The van der Waals surface area contributed by atoms with E-state index in [1.54, 1.807) is 0 Å². The van der Waals surface area contributed by atoms with E-state index in [1.807, 2.05) is 0 Å². The van der Waals surface area contributed by atoms with Crippen molar-refractivity contribution in [3.8, 4) is 0 Å². The summed E-state index contributed by atoms with van der Waals surface area (Å²) in [6.07, 6.45) is 9.48. The zero-order chi connectivity index (χ0) is 26.7. The van der Waals surface area contributed by atoms with Crippen LogP contribution in [0.1, 0.15) is 114 Å². The molecule has 0 aromatic rings. The highest BCUT2D eigenvalue weighted by Crippen LogP contribution is 2.75. The van der Waals surface area contributed by atoms with Gasteiger partial charge in [-0.2, -0.15) is 0 Å². The maximum Gasteiger partial charge on any atom is 0.302 e. The number of esters is 1. The Labute approximate surface area is 219 Å². The van der Waals surface area contributed by atoms with Crippen LogP contribution in [0.15, 0.2) is 11.6 Å². The molecule has 2 N–H and O–H groups in total. The summed E-state index contributed by atoms with van der Waals surface area (Å²) in [6.45, 7) is 20.5. The average Bonchev–Trinajstić information content (AvgIpc) is 2.74. The number of fused-ring (bicyclic) bond motifs is 7. The Morgan fingerprint density at radius 1 is 0.944 bits per heavy atom. The topological polar surface area (TPSA) is 66.8 Å². The summed E-state index contributed by atoms with van der Waals surface area (Å²) in [4.78, 5) is 11.9. The van der Waals surface area contributed by atoms with Gasteiger partial charge in [0.15, 0.2) is 0 Å². The molecule has 0 saturated heterocycles. The second-order valence-electron chi connectivity index (χ2n) is 16.0. The van der Waals surface area contributed by atoms with E-state index in [0.29, 0.717) is 23.2 Å². The Morgan fingerprint density at radius 2 is 1.58 bits per heavy atom. The number of carbonyl (C=O) groups excluding carboxylic acids is 1. The van der Waals surface area contributed by atoms with Crippen LogP contribution < -0.4 is 0 Å². The summed E-state index contributed by atoms with van der Waals surface area (Å²) >= 11 is 0. The molecule has 204 valence electrons. The third-order valence-corrected chi connectivity index (χ3v) is 13.4. The zero-order valence-electron chi connectivity index (χ0n) is 24.4. The van der Waals surface area contributed by atoms with Crippen molar-refractivity contribution in [3.63, 3.8) is 0 Å². The molecule has 0 heterocycles.